The van der Waals surface area contributed by atoms with Gasteiger partial charge in [0, 0.05) is 35.0 Å². The maximum absolute atomic E-state index is 13.9. The van der Waals surface area contributed by atoms with Gasteiger partial charge in [-0.25, -0.2) is 13.9 Å². The van der Waals surface area contributed by atoms with Crippen molar-refractivity contribution in [1.82, 2.24) is 24.5 Å². The summed E-state index contributed by atoms with van der Waals surface area (Å²) in [5.74, 6) is -0.349. The molecule has 0 aliphatic carbocycles. The van der Waals surface area contributed by atoms with Crippen LogP contribution in [0.2, 0.25) is 0 Å². The van der Waals surface area contributed by atoms with E-state index in [2.05, 4.69) is 31.0 Å². The van der Waals surface area contributed by atoms with Crippen molar-refractivity contribution >= 4 is 27.6 Å². The molecule has 0 aliphatic heterocycles. The van der Waals surface area contributed by atoms with Crippen LogP contribution in [0.5, 0.6) is 0 Å². The maximum atomic E-state index is 13.9. The van der Waals surface area contributed by atoms with E-state index in [9.17, 15) is 9.18 Å². The first-order valence-electron chi connectivity index (χ1n) is 7.25. The van der Waals surface area contributed by atoms with Crippen LogP contribution in [-0.4, -0.2) is 37.4 Å². The molecule has 6 nitrogen and oxygen atoms in total. The fourth-order valence-electron chi connectivity index (χ4n) is 2.42. The first-order chi connectivity index (χ1) is 11.3. The molecule has 124 valence electrons. The number of fused-ring (bicyclic) bond motifs is 1. The van der Waals surface area contributed by atoms with Gasteiger partial charge in [-0.15, -0.1) is 5.10 Å². The molecule has 8 heteroatoms. The fourth-order valence-corrected chi connectivity index (χ4v) is 2.83. The highest BCUT2D eigenvalue weighted by Crippen LogP contribution is 2.17. The van der Waals surface area contributed by atoms with Crippen LogP contribution in [-0.2, 0) is 6.54 Å². The second-order valence-corrected chi connectivity index (χ2v) is 6.50. The average Bonchev–Trinajstić information content (AvgIpc) is 2.94. The van der Waals surface area contributed by atoms with Crippen LogP contribution in [0.25, 0.3) is 5.78 Å². The molecule has 1 amide bonds. The Balaban J connectivity index is 1.88. The minimum atomic E-state index is -0.392. The molecule has 0 radical (unpaired) electrons. The Morgan fingerprint density at radius 1 is 1.29 bits per heavy atom. The Morgan fingerprint density at radius 3 is 2.79 bits per heavy atom. The number of nitrogens with zero attached hydrogens (tertiary/aromatic N) is 5. The van der Waals surface area contributed by atoms with Gasteiger partial charge in [0.15, 0.2) is 0 Å². The Bertz CT molecular complexity index is 940. The van der Waals surface area contributed by atoms with Gasteiger partial charge in [0.05, 0.1) is 0 Å². The van der Waals surface area contributed by atoms with Gasteiger partial charge in [-0.05, 0) is 38.1 Å². The van der Waals surface area contributed by atoms with Crippen LogP contribution in [0.15, 0.2) is 28.7 Å². The standard InChI is InChI=1S/C16H15BrFN5O/c1-9-6-10(2)23-16(19-9)20-14(21-23)15(24)22(3)8-11-7-12(17)4-5-13(11)18/h4-7H,8H2,1-3H3. The lowest BCUT2D eigenvalue weighted by atomic mass is 10.2. The van der Waals surface area contributed by atoms with Crippen molar-refractivity contribution in [3.05, 3.63) is 57.3 Å². The quantitative estimate of drug-likeness (QED) is 0.688. The lowest BCUT2D eigenvalue weighted by molar-refractivity contribution is 0.0772. The molecule has 2 heterocycles. The Kier molecular flexibility index (Phi) is 4.31. The maximum Gasteiger partial charge on any atom is 0.293 e. The van der Waals surface area contributed by atoms with Gasteiger partial charge in [-0.2, -0.15) is 4.98 Å². The van der Waals surface area contributed by atoms with Gasteiger partial charge in [-0.3, -0.25) is 4.79 Å². The molecule has 0 spiro atoms. The molecule has 0 fully saturated rings. The molecule has 0 aliphatic rings. The number of aromatic nitrogens is 4. The molecule has 3 aromatic rings. The van der Waals surface area contributed by atoms with Crippen LogP contribution in [0.3, 0.4) is 0 Å². The first-order valence-corrected chi connectivity index (χ1v) is 8.05. The monoisotopic (exact) mass is 391 g/mol. The zero-order valence-corrected chi connectivity index (χ0v) is 15.0. The van der Waals surface area contributed by atoms with E-state index in [0.29, 0.717) is 11.3 Å². The molecule has 0 atom stereocenters. The smallest absolute Gasteiger partial charge is 0.293 e. The summed E-state index contributed by atoms with van der Waals surface area (Å²) in [4.78, 5) is 22.4. The van der Waals surface area contributed by atoms with Crippen molar-refractivity contribution in [3.63, 3.8) is 0 Å². The van der Waals surface area contributed by atoms with Crippen molar-refractivity contribution < 1.29 is 9.18 Å². The molecule has 24 heavy (non-hydrogen) atoms. The number of halogens is 2. The molecule has 0 bridgehead atoms. The molecular formula is C16H15BrFN5O. The predicted octanol–water partition coefficient (Wildman–Crippen LogP) is 2.91. The summed E-state index contributed by atoms with van der Waals surface area (Å²) in [6, 6.07) is 6.47. The van der Waals surface area contributed by atoms with E-state index in [-0.39, 0.29) is 18.2 Å². The van der Waals surface area contributed by atoms with Gasteiger partial charge in [0.25, 0.3) is 11.7 Å². The second-order valence-electron chi connectivity index (χ2n) is 5.58. The number of rotatable bonds is 3. The Morgan fingerprint density at radius 2 is 2.04 bits per heavy atom. The van der Waals surface area contributed by atoms with Crippen molar-refractivity contribution in [3.8, 4) is 0 Å². The molecule has 0 saturated carbocycles. The summed E-state index contributed by atoms with van der Waals surface area (Å²) in [5.41, 5.74) is 2.05. The van der Waals surface area contributed by atoms with Crippen molar-refractivity contribution in [2.75, 3.05) is 7.05 Å². The highest BCUT2D eigenvalue weighted by atomic mass is 79.9. The molecule has 0 unspecified atom stereocenters. The Labute approximate surface area is 146 Å². The number of amides is 1. The predicted molar refractivity (Wildman–Crippen MR) is 90.2 cm³/mol. The van der Waals surface area contributed by atoms with Crippen LogP contribution in [0.1, 0.15) is 27.6 Å². The summed E-state index contributed by atoms with van der Waals surface area (Å²) in [7, 11) is 1.58. The van der Waals surface area contributed by atoms with E-state index in [1.54, 1.807) is 19.2 Å². The van der Waals surface area contributed by atoms with E-state index in [4.69, 9.17) is 0 Å². The van der Waals surface area contributed by atoms with Crippen molar-refractivity contribution in [2.45, 2.75) is 20.4 Å². The van der Waals surface area contributed by atoms with E-state index in [1.807, 2.05) is 19.9 Å². The molecule has 0 N–H and O–H groups in total. The minimum absolute atomic E-state index is 0.0362. The molecule has 1 aromatic carbocycles. The number of carbonyl (C=O) groups excluding carboxylic acids is 1. The lowest BCUT2D eigenvalue weighted by Crippen LogP contribution is -2.27. The highest BCUT2D eigenvalue weighted by molar-refractivity contribution is 9.10. The number of hydrogen-bond donors (Lipinski definition) is 0. The zero-order chi connectivity index (χ0) is 17.4. The van der Waals surface area contributed by atoms with Gasteiger partial charge in [-0.1, -0.05) is 15.9 Å². The highest BCUT2D eigenvalue weighted by Gasteiger charge is 2.20. The molecule has 0 saturated heterocycles. The third kappa shape index (κ3) is 3.14. The normalized spacial score (nSPS) is 11.0. The second kappa shape index (κ2) is 6.27. The van der Waals surface area contributed by atoms with Crippen LogP contribution in [0.4, 0.5) is 4.39 Å². The summed E-state index contributed by atoms with van der Waals surface area (Å²) < 4.78 is 16.1. The zero-order valence-electron chi connectivity index (χ0n) is 13.4. The van der Waals surface area contributed by atoms with Gasteiger partial charge >= 0.3 is 0 Å². The lowest BCUT2D eigenvalue weighted by Gasteiger charge is -2.16. The fraction of sp³-hybridized carbons (Fsp3) is 0.250. The van der Waals surface area contributed by atoms with E-state index in [1.165, 1.54) is 15.5 Å². The van der Waals surface area contributed by atoms with Crippen LogP contribution in [0, 0.1) is 19.7 Å². The minimum Gasteiger partial charge on any atom is -0.334 e. The van der Waals surface area contributed by atoms with E-state index in [0.717, 1.165) is 15.9 Å². The van der Waals surface area contributed by atoms with Crippen molar-refractivity contribution in [2.24, 2.45) is 0 Å². The molecule has 2 aromatic heterocycles. The summed E-state index contributed by atoms with van der Waals surface area (Å²) >= 11 is 3.30. The topological polar surface area (TPSA) is 63.4 Å². The first kappa shape index (κ1) is 16.5. The van der Waals surface area contributed by atoms with Crippen molar-refractivity contribution in [1.29, 1.82) is 0 Å². The molecule has 3 rings (SSSR count). The molecular weight excluding hydrogens is 377 g/mol. The largest absolute Gasteiger partial charge is 0.334 e. The average molecular weight is 392 g/mol. The summed E-state index contributed by atoms with van der Waals surface area (Å²) in [6.07, 6.45) is 0. The Hall–Kier alpha value is -2.35. The van der Waals surface area contributed by atoms with Crippen LogP contribution >= 0.6 is 15.9 Å². The number of benzene rings is 1. The van der Waals surface area contributed by atoms with E-state index >= 15 is 0 Å². The third-order valence-electron chi connectivity index (χ3n) is 3.57. The SMILES string of the molecule is Cc1cc(C)n2nc(C(=O)N(C)Cc3cc(Br)ccc3F)nc2n1. The van der Waals surface area contributed by atoms with E-state index < -0.39 is 5.91 Å². The summed E-state index contributed by atoms with van der Waals surface area (Å²) in [5, 5.41) is 4.20. The van der Waals surface area contributed by atoms with Gasteiger partial charge in [0.1, 0.15) is 5.82 Å². The van der Waals surface area contributed by atoms with Gasteiger partial charge < -0.3 is 4.90 Å². The number of carbonyl (C=O) groups is 1. The number of aryl methyl sites for hydroxylation is 2. The van der Waals surface area contributed by atoms with Gasteiger partial charge in [0.2, 0.25) is 5.82 Å². The third-order valence-corrected chi connectivity index (χ3v) is 4.06. The number of hydrogen-bond acceptors (Lipinski definition) is 4. The van der Waals surface area contributed by atoms with Crippen LogP contribution < -0.4 is 0 Å². The summed E-state index contributed by atoms with van der Waals surface area (Å²) in [6.45, 7) is 3.83.